The van der Waals surface area contributed by atoms with Gasteiger partial charge in [0.15, 0.2) is 6.10 Å². The van der Waals surface area contributed by atoms with E-state index in [0.29, 0.717) is 19.3 Å². The van der Waals surface area contributed by atoms with Crippen molar-refractivity contribution in [2.45, 2.75) is 285 Å². The van der Waals surface area contributed by atoms with Gasteiger partial charge in [0.05, 0.1) is 0 Å². The van der Waals surface area contributed by atoms with Gasteiger partial charge in [0.1, 0.15) is 13.2 Å². The number of rotatable bonds is 45. The van der Waals surface area contributed by atoms with Crippen molar-refractivity contribution in [3.63, 3.8) is 0 Å². The fourth-order valence-electron chi connectivity index (χ4n) is 7.64. The van der Waals surface area contributed by atoms with Crippen molar-refractivity contribution < 1.29 is 28.6 Å². The molecule has 0 unspecified atom stereocenters. The Morgan fingerprint density at radius 1 is 0.333 bits per heavy atom. The summed E-state index contributed by atoms with van der Waals surface area (Å²) in [4.78, 5) is 37.9. The summed E-state index contributed by atoms with van der Waals surface area (Å²) in [5.41, 5.74) is 0. The molecule has 0 N–H and O–H groups in total. The van der Waals surface area contributed by atoms with Crippen LogP contribution in [-0.2, 0) is 28.6 Å². The van der Waals surface area contributed by atoms with Crippen molar-refractivity contribution in [2.24, 2.45) is 11.8 Å². The van der Waals surface area contributed by atoms with Crippen LogP contribution in [-0.4, -0.2) is 37.2 Å². The molecule has 0 aliphatic rings. The minimum absolute atomic E-state index is 0.0641. The number of unbranched alkanes of at least 4 members (excludes halogenated alkanes) is 30. The van der Waals surface area contributed by atoms with Crippen LogP contribution in [0.15, 0.2) is 0 Å². The molecule has 338 valence electrons. The van der Waals surface area contributed by atoms with Gasteiger partial charge in [-0.3, -0.25) is 14.4 Å². The van der Waals surface area contributed by atoms with Crippen LogP contribution in [0.25, 0.3) is 0 Å². The first-order valence-electron chi connectivity index (χ1n) is 25.2. The van der Waals surface area contributed by atoms with Gasteiger partial charge in [0.25, 0.3) is 0 Å². The lowest BCUT2D eigenvalue weighted by Crippen LogP contribution is -2.30. The van der Waals surface area contributed by atoms with Gasteiger partial charge in [-0.15, -0.1) is 0 Å². The van der Waals surface area contributed by atoms with Crippen molar-refractivity contribution in [1.82, 2.24) is 0 Å². The van der Waals surface area contributed by atoms with Gasteiger partial charge in [-0.25, -0.2) is 0 Å². The normalized spacial score (nSPS) is 12.1. The monoisotopic (exact) mass is 807 g/mol. The molecule has 57 heavy (non-hydrogen) atoms. The molecule has 6 heteroatoms. The predicted molar refractivity (Wildman–Crippen MR) is 243 cm³/mol. The minimum atomic E-state index is -0.761. The van der Waals surface area contributed by atoms with E-state index in [1.807, 2.05) is 0 Å². The molecule has 0 aliphatic heterocycles. The van der Waals surface area contributed by atoms with E-state index in [-0.39, 0.29) is 31.1 Å². The Morgan fingerprint density at radius 3 is 0.860 bits per heavy atom. The largest absolute Gasteiger partial charge is 0.462 e. The molecule has 0 bridgehead atoms. The van der Waals surface area contributed by atoms with E-state index >= 15 is 0 Å². The number of esters is 3. The molecular weight excluding hydrogens is 709 g/mol. The second-order valence-corrected chi connectivity index (χ2v) is 18.4. The number of carbonyl (C=O) groups is 3. The number of hydrogen-bond acceptors (Lipinski definition) is 6. The molecule has 0 radical (unpaired) electrons. The van der Waals surface area contributed by atoms with Crippen LogP contribution in [0.1, 0.15) is 279 Å². The molecule has 0 rings (SSSR count). The third-order valence-corrected chi connectivity index (χ3v) is 11.5. The van der Waals surface area contributed by atoms with Crippen LogP contribution in [0.3, 0.4) is 0 Å². The van der Waals surface area contributed by atoms with Crippen molar-refractivity contribution in [2.75, 3.05) is 13.2 Å². The van der Waals surface area contributed by atoms with Gasteiger partial charge < -0.3 is 14.2 Å². The van der Waals surface area contributed by atoms with Crippen LogP contribution >= 0.6 is 0 Å². The van der Waals surface area contributed by atoms with E-state index in [1.54, 1.807) is 0 Å². The third kappa shape index (κ3) is 45.3. The predicted octanol–water partition coefficient (Wildman–Crippen LogP) is 16.1. The first kappa shape index (κ1) is 55.4. The van der Waals surface area contributed by atoms with Crippen molar-refractivity contribution >= 4 is 17.9 Å². The average Bonchev–Trinajstić information content (AvgIpc) is 3.18. The Kier molecular flexibility index (Phi) is 42.7. The highest BCUT2D eigenvalue weighted by molar-refractivity contribution is 5.71. The fourth-order valence-corrected chi connectivity index (χ4v) is 7.64. The van der Waals surface area contributed by atoms with Gasteiger partial charge in [-0.2, -0.15) is 0 Å². The molecule has 0 amide bonds. The number of carbonyl (C=O) groups excluding carboxylic acids is 3. The van der Waals surface area contributed by atoms with Crippen LogP contribution < -0.4 is 0 Å². The molecule has 6 nitrogen and oxygen atoms in total. The second kappa shape index (κ2) is 44.0. The molecule has 0 saturated heterocycles. The van der Waals surface area contributed by atoms with Gasteiger partial charge in [0, 0.05) is 19.3 Å². The van der Waals surface area contributed by atoms with Crippen LogP contribution in [0, 0.1) is 11.8 Å². The standard InChI is InChI=1S/C51H98O6/c1-6-7-8-9-10-11-12-13-16-21-26-31-36-41-49(52)55-44-48(57-51(54)43-38-33-28-23-18-20-25-30-35-40-47(4)5)45-56-50(53)42-37-32-27-22-17-14-15-19-24-29-34-39-46(2)3/h46-48H,6-45H2,1-5H3/t48-/m0/s1. The zero-order valence-electron chi connectivity index (χ0n) is 39.0. The zero-order valence-corrected chi connectivity index (χ0v) is 39.0. The lowest BCUT2D eigenvalue weighted by Gasteiger charge is -2.18. The number of hydrogen-bond donors (Lipinski definition) is 0. The van der Waals surface area contributed by atoms with Gasteiger partial charge in [-0.05, 0) is 31.1 Å². The molecule has 0 saturated carbocycles. The maximum atomic E-state index is 12.8. The number of ether oxygens (including phenoxy) is 3. The SMILES string of the molecule is CCCCCCCCCCCCCCCC(=O)OC[C@@H](COC(=O)CCCCCCCCCCCCCC(C)C)OC(=O)CCCCCCCCCCCC(C)C. The Hall–Kier alpha value is -1.59. The first-order chi connectivity index (χ1) is 27.7. The molecule has 1 atom stereocenters. The Balaban J connectivity index is 4.32. The zero-order chi connectivity index (χ0) is 41.9. The summed E-state index contributed by atoms with van der Waals surface area (Å²) in [5.74, 6) is 0.782. The fraction of sp³-hybridized carbons (Fsp3) is 0.941. The highest BCUT2D eigenvalue weighted by Gasteiger charge is 2.19. The topological polar surface area (TPSA) is 78.9 Å². The molecule has 0 aliphatic carbocycles. The third-order valence-electron chi connectivity index (χ3n) is 11.5. The molecule has 0 fully saturated rings. The van der Waals surface area contributed by atoms with Crippen LogP contribution in [0.4, 0.5) is 0 Å². The lowest BCUT2D eigenvalue weighted by atomic mass is 10.0. The van der Waals surface area contributed by atoms with Crippen LogP contribution in [0.5, 0.6) is 0 Å². The summed E-state index contributed by atoms with van der Waals surface area (Å²) in [6, 6.07) is 0. The molecule has 0 spiro atoms. The van der Waals surface area contributed by atoms with E-state index in [4.69, 9.17) is 14.2 Å². The maximum absolute atomic E-state index is 12.8. The molecule has 0 aromatic heterocycles. The smallest absolute Gasteiger partial charge is 0.306 e. The van der Waals surface area contributed by atoms with Gasteiger partial charge in [-0.1, -0.05) is 240 Å². The van der Waals surface area contributed by atoms with Crippen LogP contribution in [0.2, 0.25) is 0 Å². The summed E-state index contributed by atoms with van der Waals surface area (Å²) in [7, 11) is 0. The summed E-state index contributed by atoms with van der Waals surface area (Å²) in [5, 5.41) is 0. The van der Waals surface area contributed by atoms with Crippen molar-refractivity contribution in [3.05, 3.63) is 0 Å². The van der Waals surface area contributed by atoms with E-state index in [0.717, 1.165) is 69.6 Å². The minimum Gasteiger partial charge on any atom is -0.462 e. The molecule has 0 aromatic rings. The van der Waals surface area contributed by atoms with E-state index in [2.05, 4.69) is 34.6 Å². The van der Waals surface area contributed by atoms with Gasteiger partial charge >= 0.3 is 17.9 Å². The van der Waals surface area contributed by atoms with Crippen molar-refractivity contribution in [3.8, 4) is 0 Å². The second-order valence-electron chi connectivity index (χ2n) is 18.4. The van der Waals surface area contributed by atoms with E-state index < -0.39 is 6.10 Å². The van der Waals surface area contributed by atoms with Gasteiger partial charge in [0.2, 0.25) is 0 Å². The molecule has 0 heterocycles. The van der Waals surface area contributed by atoms with Crippen molar-refractivity contribution in [1.29, 1.82) is 0 Å². The average molecular weight is 807 g/mol. The van der Waals surface area contributed by atoms with E-state index in [1.165, 1.54) is 167 Å². The van der Waals surface area contributed by atoms with E-state index in [9.17, 15) is 14.4 Å². The molecular formula is C51H98O6. The first-order valence-corrected chi connectivity index (χ1v) is 25.2. The highest BCUT2D eigenvalue weighted by Crippen LogP contribution is 2.17. The quantitative estimate of drug-likeness (QED) is 0.0346. The highest BCUT2D eigenvalue weighted by atomic mass is 16.6. The Labute approximate surface area is 355 Å². The maximum Gasteiger partial charge on any atom is 0.306 e. The lowest BCUT2D eigenvalue weighted by molar-refractivity contribution is -0.167. The summed E-state index contributed by atoms with van der Waals surface area (Å²) >= 11 is 0. The summed E-state index contributed by atoms with van der Waals surface area (Å²) in [6.45, 7) is 11.3. The summed E-state index contributed by atoms with van der Waals surface area (Å²) < 4.78 is 16.8. The Bertz CT molecular complexity index is 870. The Morgan fingerprint density at radius 2 is 0.579 bits per heavy atom. The molecule has 0 aromatic carbocycles. The summed E-state index contributed by atoms with van der Waals surface area (Å²) in [6.07, 6.45) is 43.7.